The van der Waals surface area contributed by atoms with Gasteiger partial charge in [0.1, 0.15) is 0 Å². The summed E-state index contributed by atoms with van der Waals surface area (Å²) >= 11 is 1.63. The van der Waals surface area contributed by atoms with Crippen LogP contribution in [0.2, 0.25) is 0 Å². The molecule has 0 aliphatic rings. The number of carbonyl (C=O) groups excluding carboxylic acids is 1. The summed E-state index contributed by atoms with van der Waals surface area (Å²) in [5.41, 5.74) is 4.18. The van der Waals surface area contributed by atoms with Crippen molar-refractivity contribution in [1.29, 1.82) is 0 Å². The summed E-state index contributed by atoms with van der Waals surface area (Å²) in [7, 11) is 0. The van der Waals surface area contributed by atoms with Gasteiger partial charge >= 0.3 is 6.03 Å². The van der Waals surface area contributed by atoms with Crippen LogP contribution in [0.25, 0.3) is 17.0 Å². The number of hydrogen-bond acceptors (Lipinski definition) is 4. The third-order valence-corrected chi connectivity index (χ3v) is 5.07. The van der Waals surface area contributed by atoms with E-state index in [4.69, 9.17) is 0 Å². The second kappa shape index (κ2) is 7.74. The molecule has 7 heteroatoms. The predicted molar refractivity (Wildman–Crippen MR) is 114 cm³/mol. The van der Waals surface area contributed by atoms with Gasteiger partial charge in [0.25, 0.3) is 0 Å². The fourth-order valence-corrected chi connectivity index (χ4v) is 3.33. The molecule has 0 radical (unpaired) electrons. The molecular formula is C21H19N5OS. The molecule has 2 aromatic carbocycles. The lowest BCUT2D eigenvalue weighted by Crippen LogP contribution is -2.20. The van der Waals surface area contributed by atoms with Crippen LogP contribution in [0.1, 0.15) is 5.56 Å². The molecule has 2 N–H and O–H groups in total. The first kappa shape index (κ1) is 18.1. The molecule has 28 heavy (non-hydrogen) atoms. The quantitative estimate of drug-likeness (QED) is 0.478. The molecule has 4 rings (SSSR count). The SMILES string of the molecule is CSc1cccc(NC(=O)Nc2cc(-c3cn4cccnc4n3)ccc2C)c1. The number of benzene rings is 2. The van der Waals surface area contributed by atoms with Crippen molar-refractivity contribution in [3.05, 3.63) is 72.7 Å². The number of urea groups is 1. The molecule has 0 aliphatic heterocycles. The summed E-state index contributed by atoms with van der Waals surface area (Å²) in [4.78, 5) is 22.3. The van der Waals surface area contributed by atoms with E-state index in [0.717, 1.165) is 33.1 Å². The second-order valence-electron chi connectivity index (χ2n) is 6.29. The van der Waals surface area contributed by atoms with Gasteiger partial charge in [0, 0.05) is 40.4 Å². The van der Waals surface area contributed by atoms with E-state index >= 15 is 0 Å². The smallest absolute Gasteiger partial charge is 0.308 e. The molecule has 0 atom stereocenters. The Labute approximate surface area is 167 Å². The van der Waals surface area contributed by atoms with Gasteiger partial charge in [-0.05, 0) is 49.1 Å². The van der Waals surface area contributed by atoms with E-state index in [-0.39, 0.29) is 6.03 Å². The first-order chi connectivity index (χ1) is 13.6. The maximum Gasteiger partial charge on any atom is 0.323 e. The molecule has 2 amide bonds. The first-order valence-electron chi connectivity index (χ1n) is 8.75. The largest absolute Gasteiger partial charge is 0.323 e. The first-order valence-corrected chi connectivity index (χ1v) is 9.98. The van der Waals surface area contributed by atoms with Crippen LogP contribution in [0.15, 0.2) is 72.0 Å². The Bertz CT molecular complexity index is 1120. The van der Waals surface area contributed by atoms with Crippen LogP contribution in [-0.4, -0.2) is 26.7 Å². The van der Waals surface area contributed by atoms with Crippen molar-refractivity contribution in [2.24, 2.45) is 0 Å². The monoisotopic (exact) mass is 389 g/mol. The Morgan fingerprint density at radius 3 is 2.82 bits per heavy atom. The van der Waals surface area contributed by atoms with E-state index in [2.05, 4.69) is 20.6 Å². The Hall–Kier alpha value is -3.32. The fourth-order valence-electron chi connectivity index (χ4n) is 2.87. The van der Waals surface area contributed by atoms with Gasteiger partial charge in [-0.2, -0.15) is 0 Å². The lowest BCUT2D eigenvalue weighted by atomic mass is 10.1. The van der Waals surface area contributed by atoms with Crippen LogP contribution in [0.3, 0.4) is 0 Å². The van der Waals surface area contributed by atoms with Crippen molar-refractivity contribution in [2.75, 3.05) is 16.9 Å². The summed E-state index contributed by atoms with van der Waals surface area (Å²) in [6.07, 6.45) is 7.54. The van der Waals surface area contributed by atoms with E-state index in [1.165, 1.54) is 0 Å². The molecule has 0 spiro atoms. The molecule has 0 saturated carbocycles. The molecular weight excluding hydrogens is 370 g/mol. The highest BCUT2D eigenvalue weighted by Crippen LogP contribution is 2.25. The Morgan fingerprint density at radius 1 is 1.11 bits per heavy atom. The lowest BCUT2D eigenvalue weighted by Gasteiger charge is -2.11. The minimum absolute atomic E-state index is 0.282. The van der Waals surface area contributed by atoms with Gasteiger partial charge in [-0.3, -0.25) is 4.40 Å². The Balaban J connectivity index is 1.55. The molecule has 0 fully saturated rings. The number of nitrogens with zero attached hydrogens (tertiary/aromatic N) is 3. The van der Waals surface area contributed by atoms with Crippen molar-refractivity contribution in [3.63, 3.8) is 0 Å². The number of amides is 2. The van der Waals surface area contributed by atoms with Crippen molar-refractivity contribution in [2.45, 2.75) is 11.8 Å². The van der Waals surface area contributed by atoms with E-state index in [0.29, 0.717) is 5.78 Å². The van der Waals surface area contributed by atoms with Gasteiger partial charge in [-0.25, -0.2) is 14.8 Å². The maximum absolute atomic E-state index is 12.5. The number of thioether (sulfide) groups is 1. The summed E-state index contributed by atoms with van der Waals surface area (Å²) in [5, 5.41) is 5.81. The predicted octanol–water partition coefficient (Wildman–Crippen LogP) is 5.07. The fraction of sp³-hybridized carbons (Fsp3) is 0.0952. The van der Waals surface area contributed by atoms with Crippen molar-refractivity contribution in [3.8, 4) is 11.3 Å². The van der Waals surface area contributed by atoms with Gasteiger partial charge in [-0.15, -0.1) is 11.8 Å². The van der Waals surface area contributed by atoms with Crippen LogP contribution in [0.4, 0.5) is 16.2 Å². The molecule has 0 unspecified atom stereocenters. The molecule has 2 heterocycles. The number of fused-ring (bicyclic) bond motifs is 1. The van der Waals surface area contributed by atoms with Crippen molar-refractivity contribution < 1.29 is 4.79 Å². The van der Waals surface area contributed by atoms with Gasteiger partial charge < -0.3 is 10.6 Å². The number of hydrogen-bond donors (Lipinski definition) is 2. The number of nitrogens with one attached hydrogen (secondary N) is 2. The third kappa shape index (κ3) is 3.84. The molecule has 2 aromatic heterocycles. The molecule has 140 valence electrons. The summed E-state index contributed by atoms with van der Waals surface area (Å²) in [6.45, 7) is 1.96. The lowest BCUT2D eigenvalue weighted by molar-refractivity contribution is 0.262. The van der Waals surface area contributed by atoms with Gasteiger partial charge in [0.15, 0.2) is 0 Å². The Morgan fingerprint density at radius 2 is 2.00 bits per heavy atom. The normalized spacial score (nSPS) is 10.8. The number of aromatic nitrogens is 3. The van der Waals surface area contributed by atoms with E-state index in [1.54, 1.807) is 18.0 Å². The number of rotatable bonds is 4. The highest BCUT2D eigenvalue weighted by Gasteiger charge is 2.10. The highest BCUT2D eigenvalue weighted by molar-refractivity contribution is 7.98. The summed E-state index contributed by atoms with van der Waals surface area (Å²) in [5.74, 6) is 0.638. The second-order valence-corrected chi connectivity index (χ2v) is 7.17. The molecule has 0 aliphatic carbocycles. The van der Waals surface area contributed by atoms with E-state index < -0.39 is 0 Å². The molecule has 6 nitrogen and oxygen atoms in total. The molecule has 0 bridgehead atoms. The number of anilines is 2. The zero-order valence-electron chi connectivity index (χ0n) is 15.5. The van der Waals surface area contributed by atoms with Crippen LogP contribution in [0.5, 0.6) is 0 Å². The van der Waals surface area contributed by atoms with Gasteiger partial charge in [0.2, 0.25) is 5.78 Å². The topological polar surface area (TPSA) is 71.3 Å². The summed E-state index contributed by atoms with van der Waals surface area (Å²) in [6, 6.07) is 15.2. The minimum atomic E-state index is -0.282. The number of imidazole rings is 1. The van der Waals surface area contributed by atoms with Crippen molar-refractivity contribution in [1.82, 2.24) is 14.4 Å². The van der Waals surface area contributed by atoms with Crippen LogP contribution in [-0.2, 0) is 0 Å². The van der Waals surface area contributed by atoms with E-state index in [9.17, 15) is 4.79 Å². The maximum atomic E-state index is 12.5. The zero-order chi connectivity index (χ0) is 19.5. The Kier molecular flexibility index (Phi) is 4.99. The number of carbonyl (C=O) groups is 1. The minimum Gasteiger partial charge on any atom is -0.308 e. The third-order valence-electron chi connectivity index (χ3n) is 4.34. The average Bonchev–Trinajstić information content (AvgIpc) is 3.14. The van der Waals surface area contributed by atoms with E-state index in [1.807, 2.05) is 78.5 Å². The average molecular weight is 389 g/mol. The standard InChI is InChI=1S/C21H19N5OS/c1-14-7-8-15(19-13-26-10-4-9-22-20(26)24-19)11-18(14)25-21(27)23-16-5-3-6-17(12-16)28-2/h3-13H,1-2H3,(H2,23,25,27). The van der Waals surface area contributed by atoms with Gasteiger partial charge in [0.05, 0.1) is 5.69 Å². The number of aryl methyl sites for hydroxylation is 1. The zero-order valence-corrected chi connectivity index (χ0v) is 16.3. The molecule has 4 aromatic rings. The van der Waals surface area contributed by atoms with Crippen LogP contribution in [0, 0.1) is 6.92 Å². The van der Waals surface area contributed by atoms with Crippen LogP contribution >= 0.6 is 11.8 Å². The summed E-state index contributed by atoms with van der Waals surface area (Å²) < 4.78 is 1.87. The van der Waals surface area contributed by atoms with Crippen molar-refractivity contribution >= 4 is 34.9 Å². The molecule has 0 saturated heterocycles. The van der Waals surface area contributed by atoms with Crippen LogP contribution < -0.4 is 10.6 Å². The van der Waals surface area contributed by atoms with Gasteiger partial charge in [-0.1, -0.05) is 18.2 Å². The highest BCUT2D eigenvalue weighted by atomic mass is 32.2.